The van der Waals surface area contributed by atoms with Crippen molar-refractivity contribution >= 4 is 34.1 Å². The largest absolute Gasteiger partial charge is 0.496 e. The van der Waals surface area contributed by atoms with Crippen LogP contribution in [-0.2, 0) is 0 Å². The van der Waals surface area contributed by atoms with Gasteiger partial charge in [-0.05, 0) is 65.9 Å². The lowest BCUT2D eigenvalue weighted by Gasteiger charge is -2.11. The number of hydrogen-bond acceptors (Lipinski definition) is 4. The summed E-state index contributed by atoms with van der Waals surface area (Å²) >= 11 is 2.16. The summed E-state index contributed by atoms with van der Waals surface area (Å²) in [4.78, 5) is 12.6. The first-order valence-electron chi connectivity index (χ1n) is 6.47. The van der Waals surface area contributed by atoms with Crippen molar-refractivity contribution in [2.45, 2.75) is 6.92 Å². The average molecular weight is 397 g/mol. The summed E-state index contributed by atoms with van der Waals surface area (Å²) in [6.07, 6.45) is 0. The van der Waals surface area contributed by atoms with Crippen LogP contribution in [0.15, 0.2) is 36.4 Å². The number of carbonyl (C=O) groups is 1. The van der Waals surface area contributed by atoms with Crippen LogP contribution in [-0.4, -0.2) is 19.5 Å². The lowest BCUT2D eigenvalue weighted by molar-refractivity contribution is 0.103. The highest BCUT2D eigenvalue weighted by Crippen LogP contribution is 2.27. The average Bonchev–Trinajstić information content (AvgIpc) is 2.48. The standard InChI is InChI=1S/C16H16INO3/c1-3-21-15-6-4-10(8-13(15)18)16(19)12-9-11(17)5-7-14(12)20-2/h4-9H,3,18H2,1-2H3. The Kier molecular flexibility index (Phi) is 5.06. The molecule has 21 heavy (non-hydrogen) atoms. The Bertz CT molecular complexity index is 671. The summed E-state index contributed by atoms with van der Waals surface area (Å²) in [7, 11) is 1.55. The van der Waals surface area contributed by atoms with E-state index in [9.17, 15) is 4.79 Å². The van der Waals surface area contributed by atoms with Crippen LogP contribution < -0.4 is 15.2 Å². The number of methoxy groups -OCH3 is 1. The van der Waals surface area contributed by atoms with Gasteiger partial charge in [0.05, 0.1) is 25.0 Å². The number of ether oxygens (including phenoxy) is 2. The molecular formula is C16H16INO3. The maximum Gasteiger partial charge on any atom is 0.196 e. The SMILES string of the molecule is CCOc1ccc(C(=O)c2cc(I)ccc2OC)cc1N. The van der Waals surface area contributed by atoms with Crippen molar-refractivity contribution in [2.75, 3.05) is 19.5 Å². The molecule has 0 aliphatic heterocycles. The first kappa shape index (κ1) is 15.6. The van der Waals surface area contributed by atoms with E-state index in [4.69, 9.17) is 15.2 Å². The van der Waals surface area contributed by atoms with Crippen LogP contribution in [0.2, 0.25) is 0 Å². The molecule has 0 amide bonds. The molecule has 0 radical (unpaired) electrons. The van der Waals surface area contributed by atoms with E-state index in [0.29, 0.717) is 34.9 Å². The van der Waals surface area contributed by atoms with Gasteiger partial charge in [0.25, 0.3) is 0 Å². The van der Waals surface area contributed by atoms with Crippen LogP contribution in [0.4, 0.5) is 5.69 Å². The molecular weight excluding hydrogens is 381 g/mol. The molecule has 0 spiro atoms. The van der Waals surface area contributed by atoms with Crippen LogP contribution in [0.25, 0.3) is 0 Å². The molecule has 0 fully saturated rings. The van der Waals surface area contributed by atoms with Crippen molar-refractivity contribution < 1.29 is 14.3 Å². The highest BCUT2D eigenvalue weighted by atomic mass is 127. The summed E-state index contributed by atoms with van der Waals surface area (Å²) in [5.41, 5.74) is 7.40. The van der Waals surface area contributed by atoms with Gasteiger partial charge in [-0.2, -0.15) is 0 Å². The fourth-order valence-electron chi connectivity index (χ4n) is 1.99. The van der Waals surface area contributed by atoms with Crippen molar-refractivity contribution in [1.82, 2.24) is 0 Å². The molecule has 0 saturated carbocycles. The number of benzene rings is 2. The minimum atomic E-state index is -0.125. The molecule has 0 saturated heterocycles. The number of halogens is 1. The Morgan fingerprint density at radius 1 is 1.19 bits per heavy atom. The molecule has 0 heterocycles. The molecule has 4 nitrogen and oxygen atoms in total. The third kappa shape index (κ3) is 3.47. The molecule has 2 N–H and O–H groups in total. The van der Waals surface area contributed by atoms with Gasteiger partial charge in [-0.15, -0.1) is 0 Å². The topological polar surface area (TPSA) is 61.5 Å². The molecule has 0 atom stereocenters. The maximum absolute atomic E-state index is 12.6. The molecule has 0 aliphatic rings. The lowest BCUT2D eigenvalue weighted by Crippen LogP contribution is -2.06. The molecule has 5 heteroatoms. The molecule has 2 aromatic rings. The zero-order valence-corrected chi connectivity index (χ0v) is 14.0. The van der Waals surface area contributed by atoms with Gasteiger partial charge in [0.1, 0.15) is 11.5 Å². The number of nitrogen functional groups attached to an aromatic ring is 1. The van der Waals surface area contributed by atoms with Gasteiger partial charge < -0.3 is 15.2 Å². The summed E-state index contributed by atoms with van der Waals surface area (Å²) in [5, 5.41) is 0. The van der Waals surface area contributed by atoms with Crippen molar-refractivity contribution in [2.24, 2.45) is 0 Å². The number of anilines is 1. The van der Waals surface area contributed by atoms with Gasteiger partial charge in [-0.3, -0.25) is 4.79 Å². The Morgan fingerprint density at radius 3 is 2.52 bits per heavy atom. The van der Waals surface area contributed by atoms with Crippen LogP contribution in [0.3, 0.4) is 0 Å². The molecule has 2 rings (SSSR count). The summed E-state index contributed by atoms with van der Waals surface area (Å²) in [6.45, 7) is 2.41. The fourth-order valence-corrected chi connectivity index (χ4v) is 2.48. The first-order chi connectivity index (χ1) is 10.1. The quantitative estimate of drug-likeness (QED) is 0.477. The van der Waals surface area contributed by atoms with E-state index in [-0.39, 0.29) is 5.78 Å². The molecule has 110 valence electrons. The number of ketones is 1. The molecule has 2 aromatic carbocycles. The first-order valence-corrected chi connectivity index (χ1v) is 7.55. The predicted octanol–water partition coefficient (Wildman–Crippen LogP) is 3.51. The van der Waals surface area contributed by atoms with Gasteiger partial charge in [0, 0.05) is 9.13 Å². The van der Waals surface area contributed by atoms with Gasteiger partial charge in [0.15, 0.2) is 5.78 Å². The van der Waals surface area contributed by atoms with Gasteiger partial charge in [-0.1, -0.05) is 0 Å². The van der Waals surface area contributed by atoms with Gasteiger partial charge in [-0.25, -0.2) is 0 Å². The van der Waals surface area contributed by atoms with E-state index >= 15 is 0 Å². The van der Waals surface area contributed by atoms with Crippen molar-refractivity contribution in [1.29, 1.82) is 0 Å². The van der Waals surface area contributed by atoms with Crippen LogP contribution >= 0.6 is 22.6 Å². The second kappa shape index (κ2) is 6.80. The Morgan fingerprint density at radius 2 is 1.90 bits per heavy atom. The molecule has 0 unspecified atom stereocenters. The Labute approximate surface area is 137 Å². The number of rotatable bonds is 5. The predicted molar refractivity (Wildman–Crippen MR) is 91.2 cm³/mol. The number of hydrogen-bond donors (Lipinski definition) is 1. The fraction of sp³-hybridized carbons (Fsp3) is 0.188. The Hall–Kier alpha value is -1.76. The second-order valence-corrected chi connectivity index (χ2v) is 5.60. The minimum absolute atomic E-state index is 0.125. The van der Waals surface area contributed by atoms with Crippen LogP contribution in [0, 0.1) is 3.57 Å². The van der Waals surface area contributed by atoms with E-state index in [1.54, 1.807) is 37.4 Å². The molecule has 0 aromatic heterocycles. The van der Waals surface area contributed by atoms with Crippen molar-refractivity contribution in [3.63, 3.8) is 0 Å². The monoisotopic (exact) mass is 397 g/mol. The third-order valence-corrected chi connectivity index (χ3v) is 3.65. The number of carbonyl (C=O) groups excluding carboxylic acids is 1. The second-order valence-electron chi connectivity index (χ2n) is 4.36. The minimum Gasteiger partial charge on any atom is -0.496 e. The van der Waals surface area contributed by atoms with Crippen LogP contribution in [0.1, 0.15) is 22.8 Å². The maximum atomic E-state index is 12.6. The van der Waals surface area contributed by atoms with Crippen LogP contribution in [0.5, 0.6) is 11.5 Å². The van der Waals surface area contributed by atoms with E-state index in [0.717, 1.165) is 3.57 Å². The van der Waals surface area contributed by atoms with E-state index in [1.165, 1.54) is 0 Å². The Balaban J connectivity index is 2.40. The normalized spacial score (nSPS) is 10.2. The summed E-state index contributed by atoms with van der Waals surface area (Å²) < 4.78 is 11.6. The molecule has 0 aliphatic carbocycles. The molecule has 0 bridgehead atoms. The highest BCUT2D eigenvalue weighted by Gasteiger charge is 2.16. The zero-order valence-electron chi connectivity index (χ0n) is 11.9. The highest BCUT2D eigenvalue weighted by molar-refractivity contribution is 14.1. The smallest absolute Gasteiger partial charge is 0.196 e. The van der Waals surface area contributed by atoms with E-state index in [1.807, 2.05) is 13.0 Å². The lowest BCUT2D eigenvalue weighted by atomic mass is 10.0. The number of nitrogens with two attached hydrogens (primary N) is 1. The van der Waals surface area contributed by atoms with Gasteiger partial charge >= 0.3 is 0 Å². The summed E-state index contributed by atoms with van der Waals surface area (Å²) in [6, 6.07) is 10.5. The van der Waals surface area contributed by atoms with E-state index < -0.39 is 0 Å². The van der Waals surface area contributed by atoms with Crippen molar-refractivity contribution in [3.05, 3.63) is 51.1 Å². The van der Waals surface area contributed by atoms with Gasteiger partial charge in [0.2, 0.25) is 0 Å². The third-order valence-electron chi connectivity index (χ3n) is 2.98. The van der Waals surface area contributed by atoms with Crippen molar-refractivity contribution in [3.8, 4) is 11.5 Å². The zero-order chi connectivity index (χ0) is 15.4. The van der Waals surface area contributed by atoms with E-state index in [2.05, 4.69) is 22.6 Å². The summed E-state index contributed by atoms with van der Waals surface area (Å²) in [5.74, 6) is 1.01.